The van der Waals surface area contributed by atoms with Crippen molar-refractivity contribution in [3.05, 3.63) is 24.3 Å². The number of methoxy groups -OCH3 is 1. The molecule has 0 bridgehead atoms. The molecule has 0 aliphatic carbocycles. The van der Waals surface area contributed by atoms with E-state index in [2.05, 4.69) is 5.32 Å². The number of benzene rings is 1. The fourth-order valence-electron chi connectivity index (χ4n) is 2.46. The first-order valence-electron chi connectivity index (χ1n) is 8.00. The lowest BCUT2D eigenvalue weighted by Crippen LogP contribution is -2.32. The Morgan fingerprint density at radius 3 is 2.52 bits per heavy atom. The van der Waals surface area contributed by atoms with Crippen molar-refractivity contribution in [2.75, 3.05) is 32.5 Å². The standard InChI is InChI=1S/C17H24N2O3S/c1-22-14-4-6-15(7-5-14)23-13-9-16(20)18-10-8-17(21)19-11-2-3-12-19/h4-7H,2-3,8-13H2,1H3,(H,18,20). The molecule has 2 amide bonds. The second kappa shape index (κ2) is 9.45. The molecule has 126 valence electrons. The molecule has 6 heteroatoms. The summed E-state index contributed by atoms with van der Waals surface area (Å²) in [5.41, 5.74) is 0. The SMILES string of the molecule is COc1ccc(SCCC(=O)NCCC(=O)N2CCCC2)cc1. The molecule has 0 aromatic heterocycles. The van der Waals surface area contributed by atoms with Gasteiger partial charge in [0.1, 0.15) is 5.75 Å². The summed E-state index contributed by atoms with van der Waals surface area (Å²) in [7, 11) is 1.64. The molecule has 0 unspecified atom stereocenters. The molecule has 1 fully saturated rings. The second-order valence-corrected chi connectivity index (χ2v) is 6.63. The monoisotopic (exact) mass is 336 g/mol. The van der Waals surface area contributed by atoms with Crippen molar-refractivity contribution in [2.45, 2.75) is 30.6 Å². The number of hydrogen-bond donors (Lipinski definition) is 1. The van der Waals surface area contributed by atoms with E-state index in [0.717, 1.165) is 42.3 Å². The summed E-state index contributed by atoms with van der Waals surface area (Å²) in [5.74, 6) is 1.70. The van der Waals surface area contributed by atoms with Crippen LogP contribution in [-0.2, 0) is 9.59 Å². The number of nitrogens with zero attached hydrogens (tertiary/aromatic N) is 1. The molecule has 1 heterocycles. The molecule has 0 atom stereocenters. The number of nitrogens with one attached hydrogen (secondary N) is 1. The van der Waals surface area contributed by atoms with E-state index in [9.17, 15) is 9.59 Å². The van der Waals surface area contributed by atoms with Crippen LogP contribution in [0.2, 0.25) is 0 Å². The van der Waals surface area contributed by atoms with Crippen LogP contribution >= 0.6 is 11.8 Å². The molecule has 1 N–H and O–H groups in total. The van der Waals surface area contributed by atoms with Gasteiger partial charge in [-0.1, -0.05) is 0 Å². The van der Waals surface area contributed by atoms with Gasteiger partial charge < -0.3 is 15.0 Å². The third kappa shape index (κ3) is 6.14. The van der Waals surface area contributed by atoms with Crippen LogP contribution in [0.4, 0.5) is 0 Å². The van der Waals surface area contributed by atoms with Crippen LogP contribution in [0.5, 0.6) is 5.75 Å². The van der Waals surface area contributed by atoms with Crippen LogP contribution in [0.15, 0.2) is 29.2 Å². The Labute approximate surface area is 141 Å². The molecule has 0 spiro atoms. The minimum Gasteiger partial charge on any atom is -0.497 e. The van der Waals surface area contributed by atoms with E-state index in [-0.39, 0.29) is 11.8 Å². The number of hydrogen-bond acceptors (Lipinski definition) is 4. The third-order valence-electron chi connectivity index (χ3n) is 3.78. The van der Waals surface area contributed by atoms with Crippen LogP contribution in [0, 0.1) is 0 Å². The highest BCUT2D eigenvalue weighted by Gasteiger charge is 2.17. The van der Waals surface area contributed by atoms with Crippen molar-refractivity contribution in [1.29, 1.82) is 0 Å². The Kier molecular flexibility index (Phi) is 7.26. The molecule has 1 aromatic rings. The minimum atomic E-state index is 0.000216. The molecule has 1 saturated heterocycles. The summed E-state index contributed by atoms with van der Waals surface area (Å²) in [4.78, 5) is 26.6. The Morgan fingerprint density at radius 1 is 1.17 bits per heavy atom. The van der Waals surface area contributed by atoms with E-state index in [1.165, 1.54) is 0 Å². The number of ether oxygens (including phenoxy) is 1. The first-order valence-corrected chi connectivity index (χ1v) is 8.99. The molecule has 5 nitrogen and oxygen atoms in total. The van der Waals surface area contributed by atoms with Crippen LogP contribution in [0.25, 0.3) is 0 Å². The zero-order valence-electron chi connectivity index (χ0n) is 13.5. The van der Waals surface area contributed by atoms with Gasteiger partial charge in [-0.15, -0.1) is 11.8 Å². The van der Waals surface area contributed by atoms with Crippen LogP contribution in [-0.4, -0.2) is 49.2 Å². The highest BCUT2D eigenvalue weighted by atomic mass is 32.2. The summed E-state index contributed by atoms with van der Waals surface area (Å²) in [6.07, 6.45) is 3.05. The Hall–Kier alpha value is -1.69. The average Bonchev–Trinajstić information content (AvgIpc) is 3.10. The van der Waals surface area contributed by atoms with E-state index in [1.807, 2.05) is 29.2 Å². The molecule has 0 saturated carbocycles. The normalized spacial score (nSPS) is 13.9. The number of rotatable bonds is 8. The van der Waals surface area contributed by atoms with Crippen molar-refractivity contribution >= 4 is 23.6 Å². The largest absolute Gasteiger partial charge is 0.497 e. The summed E-state index contributed by atoms with van der Waals surface area (Å²) < 4.78 is 5.11. The van der Waals surface area contributed by atoms with Crippen molar-refractivity contribution in [1.82, 2.24) is 10.2 Å². The van der Waals surface area contributed by atoms with E-state index < -0.39 is 0 Å². The van der Waals surface area contributed by atoms with Crippen molar-refractivity contribution < 1.29 is 14.3 Å². The number of carbonyl (C=O) groups is 2. The smallest absolute Gasteiger partial charge is 0.224 e. The average molecular weight is 336 g/mol. The van der Waals surface area contributed by atoms with Gasteiger partial charge in [0.25, 0.3) is 0 Å². The fourth-order valence-corrected chi connectivity index (χ4v) is 3.31. The highest BCUT2D eigenvalue weighted by Crippen LogP contribution is 2.21. The van der Waals surface area contributed by atoms with Gasteiger partial charge in [0, 0.05) is 43.1 Å². The van der Waals surface area contributed by atoms with Crippen LogP contribution in [0.1, 0.15) is 25.7 Å². The lowest BCUT2D eigenvalue weighted by Gasteiger charge is -2.15. The summed E-state index contributed by atoms with van der Waals surface area (Å²) in [6, 6.07) is 7.78. The first-order chi connectivity index (χ1) is 11.2. The summed E-state index contributed by atoms with van der Waals surface area (Å²) in [5, 5.41) is 2.82. The quantitative estimate of drug-likeness (QED) is 0.740. The molecule has 1 aliphatic heterocycles. The van der Waals surface area contributed by atoms with Gasteiger partial charge in [0.15, 0.2) is 0 Å². The van der Waals surface area contributed by atoms with Gasteiger partial charge in [0.05, 0.1) is 7.11 Å². The molecule has 0 radical (unpaired) electrons. The van der Waals surface area contributed by atoms with E-state index in [0.29, 0.717) is 19.4 Å². The molecule has 2 rings (SSSR count). The van der Waals surface area contributed by atoms with Gasteiger partial charge in [-0.2, -0.15) is 0 Å². The van der Waals surface area contributed by atoms with Crippen molar-refractivity contribution in [3.8, 4) is 5.75 Å². The Bertz CT molecular complexity index is 513. The van der Waals surface area contributed by atoms with E-state index in [1.54, 1.807) is 18.9 Å². The van der Waals surface area contributed by atoms with Crippen LogP contribution < -0.4 is 10.1 Å². The van der Waals surface area contributed by atoms with Gasteiger partial charge in [-0.3, -0.25) is 9.59 Å². The summed E-state index contributed by atoms with van der Waals surface area (Å²) >= 11 is 1.64. The maximum Gasteiger partial charge on any atom is 0.224 e. The number of amides is 2. The molecule has 23 heavy (non-hydrogen) atoms. The predicted octanol–water partition coefficient (Wildman–Crippen LogP) is 2.31. The lowest BCUT2D eigenvalue weighted by molar-refractivity contribution is -0.130. The number of likely N-dealkylation sites (tertiary alicyclic amines) is 1. The third-order valence-corrected chi connectivity index (χ3v) is 4.79. The van der Waals surface area contributed by atoms with Crippen molar-refractivity contribution in [3.63, 3.8) is 0 Å². The maximum absolute atomic E-state index is 11.8. The predicted molar refractivity (Wildman–Crippen MR) is 91.8 cm³/mol. The minimum absolute atomic E-state index is 0.000216. The fraction of sp³-hybridized carbons (Fsp3) is 0.529. The number of thioether (sulfide) groups is 1. The lowest BCUT2D eigenvalue weighted by atomic mass is 10.3. The molecule has 1 aromatic carbocycles. The zero-order chi connectivity index (χ0) is 16.5. The highest BCUT2D eigenvalue weighted by molar-refractivity contribution is 7.99. The van der Waals surface area contributed by atoms with E-state index in [4.69, 9.17) is 4.74 Å². The topological polar surface area (TPSA) is 58.6 Å². The zero-order valence-corrected chi connectivity index (χ0v) is 14.4. The summed E-state index contributed by atoms with van der Waals surface area (Å²) in [6.45, 7) is 2.16. The Balaban J connectivity index is 1.56. The van der Waals surface area contributed by atoms with Gasteiger partial charge >= 0.3 is 0 Å². The Morgan fingerprint density at radius 2 is 1.87 bits per heavy atom. The van der Waals surface area contributed by atoms with Crippen LogP contribution in [0.3, 0.4) is 0 Å². The first kappa shape index (κ1) is 17.7. The maximum atomic E-state index is 11.8. The van der Waals surface area contributed by atoms with E-state index >= 15 is 0 Å². The van der Waals surface area contributed by atoms with Crippen molar-refractivity contribution in [2.24, 2.45) is 0 Å². The van der Waals surface area contributed by atoms with Gasteiger partial charge in [-0.05, 0) is 37.1 Å². The molecular weight excluding hydrogens is 312 g/mol. The number of carbonyl (C=O) groups excluding carboxylic acids is 2. The second-order valence-electron chi connectivity index (χ2n) is 5.46. The van der Waals surface area contributed by atoms with Gasteiger partial charge in [-0.25, -0.2) is 0 Å². The van der Waals surface area contributed by atoms with Gasteiger partial charge in [0.2, 0.25) is 11.8 Å². The molecule has 1 aliphatic rings. The molecular formula is C17H24N2O3S.